The average molecular weight is 393 g/mol. The van der Waals surface area contributed by atoms with Gasteiger partial charge in [0.1, 0.15) is 0 Å². The number of hydrogen-bond acceptors (Lipinski definition) is 6. The first-order chi connectivity index (χ1) is 10.5. The zero-order chi connectivity index (χ0) is 17.9. The SMILES string of the molecule is CS(=O)(=O)Cl.CS(=O)(=O)OCC1CCCC1.OCC1CCCC1. The third-order valence-corrected chi connectivity index (χ3v) is 4.29. The Kier molecular flexibility index (Phi) is 11.7. The lowest BCUT2D eigenvalue weighted by molar-refractivity contribution is 0.230. The molecule has 140 valence electrons. The van der Waals surface area contributed by atoms with Crippen LogP contribution in [0, 0.1) is 11.8 Å². The van der Waals surface area contributed by atoms with Gasteiger partial charge in [0, 0.05) is 17.3 Å². The molecule has 2 saturated carbocycles. The third kappa shape index (κ3) is 18.3. The fourth-order valence-electron chi connectivity index (χ4n) is 2.59. The van der Waals surface area contributed by atoms with Gasteiger partial charge in [-0.2, -0.15) is 8.42 Å². The van der Waals surface area contributed by atoms with Crippen LogP contribution in [-0.4, -0.2) is 47.7 Å². The van der Waals surface area contributed by atoms with Crippen LogP contribution in [0.25, 0.3) is 0 Å². The highest BCUT2D eigenvalue weighted by Crippen LogP contribution is 2.25. The van der Waals surface area contributed by atoms with Crippen molar-refractivity contribution < 1.29 is 26.1 Å². The molecule has 9 heteroatoms. The largest absolute Gasteiger partial charge is 0.396 e. The van der Waals surface area contributed by atoms with Crippen LogP contribution in [0.2, 0.25) is 0 Å². The molecule has 0 aromatic heterocycles. The van der Waals surface area contributed by atoms with Gasteiger partial charge < -0.3 is 5.11 Å². The van der Waals surface area contributed by atoms with E-state index in [2.05, 4.69) is 14.9 Å². The zero-order valence-electron chi connectivity index (χ0n) is 13.9. The van der Waals surface area contributed by atoms with E-state index in [9.17, 15) is 16.8 Å². The molecule has 0 radical (unpaired) electrons. The minimum Gasteiger partial charge on any atom is -0.396 e. The smallest absolute Gasteiger partial charge is 0.264 e. The second-order valence-electron chi connectivity index (χ2n) is 6.15. The minimum atomic E-state index is -3.21. The van der Waals surface area contributed by atoms with Gasteiger partial charge in [0.2, 0.25) is 9.05 Å². The van der Waals surface area contributed by atoms with Crippen LogP contribution in [0.1, 0.15) is 51.4 Å². The lowest BCUT2D eigenvalue weighted by atomic mass is 10.1. The standard InChI is InChI=1S/C7H14O3S.C6H12O.CH3ClO2S/c1-11(8,9)10-6-7-4-2-3-5-7;7-5-6-3-1-2-4-6;1-5(2,3)4/h7H,2-6H2,1H3;6-7H,1-5H2;1H3. The summed E-state index contributed by atoms with van der Waals surface area (Å²) in [4.78, 5) is 0. The number of aliphatic hydroxyl groups is 1. The summed E-state index contributed by atoms with van der Waals surface area (Å²) in [5, 5.41) is 8.57. The monoisotopic (exact) mass is 392 g/mol. The normalized spacial score (nSPS) is 19.7. The predicted molar refractivity (Wildman–Crippen MR) is 92.5 cm³/mol. The van der Waals surface area contributed by atoms with Crippen LogP contribution < -0.4 is 0 Å². The molecule has 0 bridgehead atoms. The average Bonchev–Trinajstić information content (AvgIpc) is 3.08. The Hall–Kier alpha value is 0.110. The second kappa shape index (κ2) is 11.6. The Bertz CT molecular complexity index is 483. The molecule has 0 spiro atoms. The zero-order valence-corrected chi connectivity index (χ0v) is 16.3. The predicted octanol–water partition coefficient (Wildman–Crippen LogP) is 2.51. The van der Waals surface area contributed by atoms with Crippen LogP contribution >= 0.6 is 10.7 Å². The molecule has 0 unspecified atom stereocenters. The van der Waals surface area contributed by atoms with Gasteiger partial charge in [0.15, 0.2) is 0 Å². The van der Waals surface area contributed by atoms with E-state index in [4.69, 9.17) is 5.11 Å². The first-order valence-corrected chi connectivity index (χ1v) is 12.4. The van der Waals surface area contributed by atoms with Crippen molar-refractivity contribution in [3.8, 4) is 0 Å². The van der Waals surface area contributed by atoms with Crippen LogP contribution in [0.5, 0.6) is 0 Å². The molecule has 0 saturated heterocycles. The van der Waals surface area contributed by atoms with Crippen molar-refractivity contribution in [3.05, 3.63) is 0 Å². The second-order valence-corrected chi connectivity index (χ2v) is 10.8. The van der Waals surface area contributed by atoms with Gasteiger partial charge in [-0.05, 0) is 37.5 Å². The summed E-state index contributed by atoms with van der Waals surface area (Å²) in [6.07, 6.45) is 11.9. The van der Waals surface area contributed by atoms with Crippen molar-refractivity contribution in [1.29, 1.82) is 0 Å². The maximum absolute atomic E-state index is 10.6. The van der Waals surface area contributed by atoms with Crippen LogP contribution in [0.4, 0.5) is 0 Å². The van der Waals surface area contributed by atoms with Gasteiger partial charge in [-0.25, -0.2) is 8.42 Å². The molecule has 2 rings (SSSR count). The molecule has 2 aliphatic rings. The number of rotatable bonds is 4. The molecule has 0 atom stereocenters. The first-order valence-electron chi connectivity index (χ1n) is 7.86. The summed E-state index contributed by atoms with van der Waals surface area (Å²) >= 11 is 0. The van der Waals surface area contributed by atoms with Gasteiger partial charge in [-0.15, -0.1) is 0 Å². The molecule has 0 amide bonds. The van der Waals surface area contributed by atoms with Gasteiger partial charge in [0.25, 0.3) is 10.1 Å². The summed E-state index contributed by atoms with van der Waals surface area (Å²) < 4.78 is 44.6. The molecule has 23 heavy (non-hydrogen) atoms. The number of aliphatic hydroxyl groups excluding tert-OH is 1. The quantitative estimate of drug-likeness (QED) is 0.583. The van der Waals surface area contributed by atoms with E-state index in [1.807, 2.05) is 0 Å². The van der Waals surface area contributed by atoms with Crippen molar-refractivity contribution >= 4 is 29.9 Å². The highest BCUT2D eigenvalue weighted by atomic mass is 35.7. The van der Waals surface area contributed by atoms with E-state index in [-0.39, 0.29) is 0 Å². The highest BCUT2D eigenvalue weighted by molar-refractivity contribution is 8.13. The minimum absolute atomic E-state index is 0.388. The first kappa shape index (κ1) is 23.1. The summed E-state index contributed by atoms with van der Waals surface area (Å²) in [6, 6.07) is 0. The maximum Gasteiger partial charge on any atom is 0.264 e. The molecule has 0 aromatic carbocycles. The van der Waals surface area contributed by atoms with Crippen molar-refractivity contribution in [2.75, 3.05) is 25.7 Å². The Morgan fingerprint density at radius 1 is 0.913 bits per heavy atom. The van der Waals surface area contributed by atoms with E-state index in [0.29, 0.717) is 25.0 Å². The Balaban J connectivity index is 0.000000347. The molecule has 0 heterocycles. The maximum atomic E-state index is 10.6. The third-order valence-electron chi connectivity index (χ3n) is 3.73. The summed E-state index contributed by atoms with van der Waals surface area (Å²) in [5.41, 5.74) is 0. The van der Waals surface area contributed by atoms with Crippen LogP contribution in [-0.2, 0) is 23.4 Å². The van der Waals surface area contributed by atoms with E-state index < -0.39 is 19.2 Å². The van der Waals surface area contributed by atoms with E-state index in [0.717, 1.165) is 25.4 Å². The van der Waals surface area contributed by atoms with Crippen molar-refractivity contribution in [2.24, 2.45) is 11.8 Å². The van der Waals surface area contributed by atoms with Gasteiger partial charge in [-0.1, -0.05) is 25.7 Å². The Labute approximate surface area is 145 Å². The highest BCUT2D eigenvalue weighted by Gasteiger charge is 2.16. The van der Waals surface area contributed by atoms with E-state index in [1.165, 1.54) is 38.5 Å². The number of halogens is 1. The fourth-order valence-corrected chi connectivity index (χ4v) is 3.03. The van der Waals surface area contributed by atoms with Gasteiger partial charge in [0.05, 0.1) is 19.1 Å². The molecule has 2 aliphatic carbocycles. The summed E-state index contributed by atoms with van der Waals surface area (Å²) in [5.74, 6) is 1.13. The van der Waals surface area contributed by atoms with Gasteiger partial charge >= 0.3 is 0 Å². The molecule has 2 fully saturated rings. The lowest BCUT2D eigenvalue weighted by Gasteiger charge is -2.06. The molecule has 0 aliphatic heterocycles. The topological polar surface area (TPSA) is 97.7 Å². The van der Waals surface area contributed by atoms with E-state index >= 15 is 0 Å². The van der Waals surface area contributed by atoms with Crippen molar-refractivity contribution in [2.45, 2.75) is 51.4 Å². The van der Waals surface area contributed by atoms with Crippen molar-refractivity contribution in [1.82, 2.24) is 0 Å². The Morgan fingerprint density at radius 2 is 1.26 bits per heavy atom. The number of hydrogen-bond donors (Lipinski definition) is 1. The molecule has 1 N–H and O–H groups in total. The molecular weight excluding hydrogens is 364 g/mol. The van der Waals surface area contributed by atoms with Crippen LogP contribution in [0.3, 0.4) is 0 Å². The molecule has 0 aromatic rings. The fraction of sp³-hybridized carbons (Fsp3) is 1.00. The van der Waals surface area contributed by atoms with E-state index in [1.54, 1.807) is 0 Å². The lowest BCUT2D eigenvalue weighted by Crippen LogP contribution is -2.10. The summed E-state index contributed by atoms with van der Waals surface area (Å²) in [7, 11) is -1.90. The van der Waals surface area contributed by atoms with Crippen LogP contribution in [0.15, 0.2) is 0 Å². The summed E-state index contributed by atoms with van der Waals surface area (Å²) in [6.45, 7) is 0.804. The molecule has 6 nitrogen and oxygen atoms in total. The van der Waals surface area contributed by atoms with Crippen molar-refractivity contribution in [3.63, 3.8) is 0 Å². The molecular formula is C14H29ClO6S2. The Morgan fingerprint density at radius 3 is 1.52 bits per heavy atom. The van der Waals surface area contributed by atoms with Gasteiger partial charge in [-0.3, -0.25) is 4.18 Å².